The third-order valence-corrected chi connectivity index (χ3v) is 3.55. The van der Waals surface area contributed by atoms with Gasteiger partial charge < -0.3 is 10.1 Å². The van der Waals surface area contributed by atoms with Crippen molar-refractivity contribution in [3.05, 3.63) is 65.7 Å². The number of benzene rings is 1. The number of aromatic nitrogens is 2. The summed E-state index contributed by atoms with van der Waals surface area (Å²) in [7, 11) is 0. The molecule has 116 valence electrons. The first kappa shape index (κ1) is 16.2. The highest BCUT2D eigenvalue weighted by Gasteiger charge is 2.18. The number of aromatic amines is 1. The number of hydrogen-bond donors (Lipinski definition) is 2. The van der Waals surface area contributed by atoms with Gasteiger partial charge in [-0.3, -0.25) is 0 Å². The molecule has 0 radical (unpaired) electrons. The standard InChI is InChI=1S/C16H15FN2O.C2H6/c17-12-5-3-11(4-6-12)13(7-9-20)15-10-19-16-14(15)2-1-8-18-16;1-2/h1-6,8,10,13,20H,7,9H2,(H,18,19);1-2H3. The van der Waals surface area contributed by atoms with Crippen LogP contribution in [-0.2, 0) is 0 Å². The van der Waals surface area contributed by atoms with Crippen LogP contribution >= 0.6 is 0 Å². The molecule has 3 aromatic rings. The average Bonchev–Trinajstić information content (AvgIpc) is 2.99. The van der Waals surface area contributed by atoms with Crippen LogP contribution in [0.1, 0.15) is 37.3 Å². The largest absolute Gasteiger partial charge is 0.396 e. The quantitative estimate of drug-likeness (QED) is 0.757. The van der Waals surface area contributed by atoms with Gasteiger partial charge in [-0.05, 0) is 41.8 Å². The Bertz CT molecular complexity index is 706. The lowest BCUT2D eigenvalue weighted by atomic mass is 9.89. The van der Waals surface area contributed by atoms with Crippen molar-refractivity contribution in [1.82, 2.24) is 9.97 Å². The number of fused-ring (bicyclic) bond motifs is 1. The lowest BCUT2D eigenvalue weighted by molar-refractivity contribution is 0.282. The normalized spacial score (nSPS) is 11.8. The first-order chi connectivity index (χ1) is 10.8. The summed E-state index contributed by atoms with van der Waals surface area (Å²) in [5.41, 5.74) is 2.89. The fraction of sp³-hybridized carbons (Fsp3) is 0.278. The molecule has 3 rings (SSSR count). The minimum absolute atomic E-state index is 0.0264. The predicted octanol–water partition coefficient (Wildman–Crippen LogP) is 4.24. The number of aliphatic hydroxyl groups is 1. The topological polar surface area (TPSA) is 48.9 Å². The van der Waals surface area contributed by atoms with Crippen LogP contribution in [0.4, 0.5) is 4.39 Å². The molecular formula is C18H21FN2O. The Hall–Kier alpha value is -2.20. The Labute approximate surface area is 129 Å². The van der Waals surface area contributed by atoms with Crippen LogP contribution in [0.5, 0.6) is 0 Å². The van der Waals surface area contributed by atoms with Crippen molar-refractivity contribution in [2.75, 3.05) is 6.61 Å². The highest BCUT2D eigenvalue weighted by molar-refractivity contribution is 5.80. The third kappa shape index (κ3) is 3.34. The van der Waals surface area contributed by atoms with Crippen molar-refractivity contribution in [3.8, 4) is 0 Å². The van der Waals surface area contributed by atoms with Crippen molar-refractivity contribution in [2.45, 2.75) is 26.2 Å². The van der Waals surface area contributed by atoms with Crippen molar-refractivity contribution < 1.29 is 9.50 Å². The fourth-order valence-corrected chi connectivity index (χ4v) is 2.59. The number of halogens is 1. The molecule has 22 heavy (non-hydrogen) atoms. The van der Waals surface area contributed by atoms with Gasteiger partial charge in [0, 0.05) is 30.3 Å². The van der Waals surface area contributed by atoms with Crippen LogP contribution < -0.4 is 0 Å². The van der Waals surface area contributed by atoms with E-state index in [9.17, 15) is 9.50 Å². The zero-order valence-corrected chi connectivity index (χ0v) is 12.9. The Kier molecular flexibility index (Phi) is 5.67. The fourth-order valence-electron chi connectivity index (χ4n) is 2.59. The molecule has 2 aromatic heterocycles. The molecule has 0 saturated carbocycles. The molecule has 2 heterocycles. The van der Waals surface area contributed by atoms with Crippen molar-refractivity contribution in [3.63, 3.8) is 0 Å². The van der Waals surface area contributed by atoms with Crippen molar-refractivity contribution in [2.24, 2.45) is 0 Å². The second-order valence-corrected chi connectivity index (χ2v) is 4.76. The van der Waals surface area contributed by atoms with Gasteiger partial charge in [-0.1, -0.05) is 26.0 Å². The summed E-state index contributed by atoms with van der Waals surface area (Å²) >= 11 is 0. The van der Waals surface area contributed by atoms with E-state index >= 15 is 0 Å². The highest BCUT2D eigenvalue weighted by Crippen LogP contribution is 2.32. The van der Waals surface area contributed by atoms with E-state index in [1.54, 1.807) is 18.3 Å². The van der Waals surface area contributed by atoms with E-state index in [0.29, 0.717) is 6.42 Å². The monoisotopic (exact) mass is 300 g/mol. The Morgan fingerprint density at radius 3 is 2.59 bits per heavy atom. The number of pyridine rings is 1. The molecule has 0 aliphatic carbocycles. The van der Waals surface area contributed by atoms with E-state index in [1.807, 2.05) is 32.2 Å². The van der Waals surface area contributed by atoms with Gasteiger partial charge in [0.2, 0.25) is 0 Å². The Balaban J connectivity index is 0.000000847. The summed E-state index contributed by atoms with van der Waals surface area (Å²) in [5, 5.41) is 10.4. The molecule has 1 aromatic carbocycles. The summed E-state index contributed by atoms with van der Waals surface area (Å²) < 4.78 is 13.1. The van der Waals surface area contributed by atoms with Gasteiger partial charge in [-0.15, -0.1) is 0 Å². The highest BCUT2D eigenvalue weighted by atomic mass is 19.1. The molecule has 0 fully saturated rings. The van der Waals surface area contributed by atoms with E-state index in [-0.39, 0.29) is 18.3 Å². The maximum atomic E-state index is 13.1. The molecule has 0 aliphatic rings. The molecule has 0 amide bonds. The second-order valence-electron chi connectivity index (χ2n) is 4.76. The summed E-state index contributed by atoms with van der Waals surface area (Å²) in [5.74, 6) is -0.226. The molecular weight excluding hydrogens is 279 g/mol. The molecule has 3 nitrogen and oxygen atoms in total. The zero-order valence-electron chi connectivity index (χ0n) is 12.9. The van der Waals surface area contributed by atoms with Gasteiger partial charge >= 0.3 is 0 Å². The third-order valence-electron chi connectivity index (χ3n) is 3.55. The van der Waals surface area contributed by atoms with Gasteiger partial charge in [0.05, 0.1) is 0 Å². The Morgan fingerprint density at radius 2 is 1.91 bits per heavy atom. The molecule has 4 heteroatoms. The number of aliphatic hydroxyl groups excluding tert-OH is 1. The number of H-pyrrole nitrogens is 1. The maximum Gasteiger partial charge on any atom is 0.137 e. The van der Waals surface area contributed by atoms with Gasteiger partial charge in [0.15, 0.2) is 0 Å². The second kappa shape index (κ2) is 7.71. The molecule has 1 atom stereocenters. The van der Waals surface area contributed by atoms with Crippen LogP contribution in [0.15, 0.2) is 48.8 Å². The van der Waals surface area contributed by atoms with E-state index < -0.39 is 0 Å². The Morgan fingerprint density at radius 1 is 1.18 bits per heavy atom. The van der Waals surface area contributed by atoms with Crippen LogP contribution in [0.25, 0.3) is 11.0 Å². The van der Waals surface area contributed by atoms with Crippen molar-refractivity contribution in [1.29, 1.82) is 0 Å². The number of nitrogens with one attached hydrogen (secondary N) is 1. The molecule has 0 spiro atoms. The van der Waals surface area contributed by atoms with Crippen LogP contribution in [0, 0.1) is 5.82 Å². The lowest BCUT2D eigenvalue weighted by Crippen LogP contribution is -2.03. The molecule has 1 unspecified atom stereocenters. The molecule has 0 bridgehead atoms. The number of rotatable bonds is 4. The molecule has 0 aliphatic heterocycles. The summed E-state index contributed by atoms with van der Waals surface area (Å²) in [6.07, 6.45) is 4.25. The maximum absolute atomic E-state index is 13.1. The molecule has 0 saturated heterocycles. The van der Waals surface area contributed by atoms with Gasteiger partial charge in [0.25, 0.3) is 0 Å². The first-order valence-corrected chi connectivity index (χ1v) is 7.58. The number of hydrogen-bond acceptors (Lipinski definition) is 2. The van der Waals surface area contributed by atoms with E-state index in [0.717, 1.165) is 22.2 Å². The van der Waals surface area contributed by atoms with Crippen LogP contribution in [-0.4, -0.2) is 21.7 Å². The average molecular weight is 300 g/mol. The van der Waals surface area contributed by atoms with Gasteiger partial charge in [-0.2, -0.15) is 0 Å². The van der Waals surface area contributed by atoms with Gasteiger partial charge in [-0.25, -0.2) is 9.37 Å². The van der Waals surface area contributed by atoms with Gasteiger partial charge in [0.1, 0.15) is 11.5 Å². The lowest BCUT2D eigenvalue weighted by Gasteiger charge is -2.16. The van der Waals surface area contributed by atoms with Crippen LogP contribution in [0.2, 0.25) is 0 Å². The summed E-state index contributed by atoms with van der Waals surface area (Å²) in [6, 6.07) is 10.3. The van der Waals surface area contributed by atoms with E-state index in [1.165, 1.54) is 12.1 Å². The summed E-state index contributed by atoms with van der Waals surface area (Å²) in [6.45, 7) is 4.08. The minimum Gasteiger partial charge on any atom is -0.396 e. The molecule has 2 N–H and O–H groups in total. The SMILES string of the molecule is CC.OCCC(c1ccc(F)cc1)c1c[nH]c2ncccc12. The first-order valence-electron chi connectivity index (χ1n) is 7.58. The van der Waals surface area contributed by atoms with E-state index in [2.05, 4.69) is 9.97 Å². The zero-order chi connectivity index (χ0) is 15.9. The van der Waals surface area contributed by atoms with Crippen LogP contribution in [0.3, 0.4) is 0 Å². The van der Waals surface area contributed by atoms with E-state index in [4.69, 9.17) is 0 Å². The van der Waals surface area contributed by atoms with Crippen molar-refractivity contribution >= 4 is 11.0 Å². The number of nitrogens with zero attached hydrogens (tertiary/aromatic N) is 1. The minimum atomic E-state index is -0.253. The predicted molar refractivity (Wildman–Crippen MR) is 87.4 cm³/mol. The smallest absolute Gasteiger partial charge is 0.137 e. The summed E-state index contributed by atoms with van der Waals surface area (Å²) in [4.78, 5) is 7.42.